The number of rotatable bonds is 5. The predicted molar refractivity (Wildman–Crippen MR) is 77.3 cm³/mol. The van der Waals surface area contributed by atoms with Crippen molar-refractivity contribution in [2.45, 2.75) is 6.61 Å². The second-order valence-corrected chi connectivity index (χ2v) is 4.21. The van der Waals surface area contributed by atoms with Gasteiger partial charge in [0.05, 0.1) is 19.8 Å². The summed E-state index contributed by atoms with van der Waals surface area (Å²) >= 11 is 0. The topological polar surface area (TPSA) is 83.7 Å². The number of pyridine rings is 1. The van der Waals surface area contributed by atoms with Gasteiger partial charge in [0.25, 0.3) is 0 Å². The van der Waals surface area contributed by atoms with Crippen LogP contribution in [0.2, 0.25) is 0 Å². The number of nitrogens with two attached hydrogens (primary N) is 1. The van der Waals surface area contributed by atoms with Crippen molar-refractivity contribution in [2.75, 3.05) is 20.0 Å². The first-order chi connectivity index (χ1) is 10.2. The van der Waals surface area contributed by atoms with Crippen LogP contribution in [0.15, 0.2) is 36.5 Å². The van der Waals surface area contributed by atoms with Crippen LogP contribution >= 0.6 is 0 Å². The Labute approximate surface area is 122 Å². The molecule has 0 spiro atoms. The van der Waals surface area contributed by atoms with E-state index in [-0.39, 0.29) is 6.61 Å². The Balaban J connectivity index is 2.12. The van der Waals surface area contributed by atoms with Crippen LogP contribution < -0.4 is 15.2 Å². The highest BCUT2D eigenvalue weighted by Crippen LogP contribution is 2.23. The molecule has 1 heterocycles. The number of esters is 1. The summed E-state index contributed by atoms with van der Waals surface area (Å²) in [6.45, 7) is 0.0589. The number of nitrogens with zero attached hydrogens (tertiary/aromatic N) is 1. The molecule has 0 aliphatic carbocycles. The van der Waals surface area contributed by atoms with Crippen molar-refractivity contribution in [3.63, 3.8) is 0 Å². The maximum atomic E-state index is 12.1. The molecular weight excluding hydrogens is 272 g/mol. The highest BCUT2D eigenvalue weighted by atomic mass is 16.5. The number of methoxy groups -OCH3 is 2. The molecule has 21 heavy (non-hydrogen) atoms. The Morgan fingerprint density at radius 2 is 2.05 bits per heavy atom. The summed E-state index contributed by atoms with van der Waals surface area (Å²) in [5.41, 5.74) is 7.16. The number of benzene rings is 1. The lowest BCUT2D eigenvalue weighted by molar-refractivity contribution is 0.0466. The van der Waals surface area contributed by atoms with Crippen LogP contribution in [0.5, 0.6) is 11.6 Å². The quantitative estimate of drug-likeness (QED) is 0.669. The lowest BCUT2D eigenvalue weighted by Crippen LogP contribution is -2.08. The van der Waals surface area contributed by atoms with Gasteiger partial charge in [-0.3, -0.25) is 0 Å². The molecule has 1 aromatic carbocycles. The van der Waals surface area contributed by atoms with Gasteiger partial charge in [-0.05, 0) is 24.3 Å². The number of anilines is 1. The Morgan fingerprint density at radius 3 is 2.76 bits per heavy atom. The van der Waals surface area contributed by atoms with E-state index >= 15 is 0 Å². The van der Waals surface area contributed by atoms with Crippen molar-refractivity contribution in [1.82, 2.24) is 4.98 Å². The summed E-state index contributed by atoms with van der Waals surface area (Å²) in [6, 6.07) is 8.27. The molecule has 0 atom stereocenters. The zero-order valence-corrected chi connectivity index (χ0v) is 11.8. The van der Waals surface area contributed by atoms with Gasteiger partial charge in [0.15, 0.2) is 0 Å². The molecule has 2 aromatic rings. The second-order valence-electron chi connectivity index (χ2n) is 4.21. The highest BCUT2D eigenvalue weighted by molar-refractivity contribution is 5.93. The van der Waals surface area contributed by atoms with Crippen LogP contribution in [0.4, 0.5) is 5.69 Å². The van der Waals surface area contributed by atoms with Crippen molar-refractivity contribution in [3.8, 4) is 11.6 Å². The third-order valence-corrected chi connectivity index (χ3v) is 2.85. The monoisotopic (exact) mass is 288 g/mol. The number of carbonyl (C=O) groups excluding carboxylic acids is 1. The number of hydrogen-bond donors (Lipinski definition) is 1. The molecule has 110 valence electrons. The fourth-order valence-electron chi connectivity index (χ4n) is 1.82. The molecule has 2 N–H and O–H groups in total. The first-order valence-corrected chi connectivity index (χ1v) is 6.24. The Bertz CT molecular complexity index is 643. The van der Waals surface area contributed by atoms with Gasteiger partial charge in [0.1, 0.15) is 17.9 Å². The van der Waals surface area contributed by atoms with Crippen LogP contribution in [0, 0.1) is 0 Å². The van der Waals surface area contributed by atoms with Crippen molar-refractivity contribution >= 4 is 11.7 Å². The minimum Gasteiger partial charge on any atom is -0.496 e. The van der Waals surface area contributed by atoms with E-state index in [1.54, 1.807) is 36.5 Å². The van der Waals surface area contributed by atoms with Crippen molar-refractivity contribution in [3.05, 3.63) is 47.7 Å². The van der Waals surface area contributed by atoms with E-state index in [1.165, 1.54) is 14.2 Å². The second kappa shape index (κ2) is 6.60. The van der Waals surface area contributed by atoms with Crippen LogP contribution in [0.3, 0.4) is 0 Å². The standard InChI is InChI=1S/C15H16N2O4/c1-19-13-8-11(16)5-6-12(13)15(18)21-9-10-4-3-7-17-14(10)20-2/h3-8H,9,16H2,1-2H3. The van der Waals surface area contributed by atoms with Gasteiger partial charge in [0, 0.05) is 18.0 Å². The van der Waals surface area contributed by atoms with Gasteiger partial charge in [0.2, 0.25) is 5.88 Å². The third-order valence-electron chi connectivity index (χ3n) is 2.85. The van der Waals surface area contributed by atoms with Gasteiger partial charge in [-0.15, -0.1) is 0 Å². The molecule has 0 fully saturated rings. The molecule has 0 bridgehead atoms. The molecule has 6 heteroatoms. The maximum Gasteiger partial charge on any atom is 0.342 e. The first kappa shape index (κ1) is 14.6. The zero-order valence-electron chi connectivity index (χ0n) is 11.8. The van der Waals surface area contributed by atoms with E-state index in [1.807, 2.05) is 0 Å². The summed E-state index contributed by atoms with van der Waals surface area (Å²) in [5.74, 6) is 0.297. The lowest BCUT2D eigenvalue weighted by atomic mass is 10.2. The van der Waals surface area contributed by atoms with Crippen LogP contribution in [-0.2, 0) is 11.3 Å². The summed E-state index contributed by atoms with van der Waals surface area (Å²) in [6.07, 6.45) is 1.60. The smallest absolute Gasteiger partial charge is 0.342 e. The van der Waals surface area contributed by atoms with Crippen molar-refractivity contribution in [1.29, 1.82) is 0 Å². The number of hydrogen-bond acceptors (Lipinski definition) is 6. The molecule has 6 nitrogen and oxygen atoms in total. The zero-order chi connectivity index (χ0) is 15.2. The number of carbonyl (C=O) groups is 1. The average molecular weight is 288 g/mol. The third kappa shape index (κ3) is 3.42. The highest BCUT2D eigenvalue weighted by Gasteiger charge is 2.15. The van der Waals surface area contributed by atoms with Crippen LogP contribution in [0.25, 0.3) is 0 Å². The van der Waals surface area contributed by atoms with Crippen molar-refractivity contribution < 1.29 is 19.0 Å². The lowest BCUT2D eigenvalue weighted by Gasteiger charge is -2.10. The van der Waals surface area contributed by atoms with Gasteiger partial charge in [-0.2, -0.15) is 0 Å². The molecule has 1 aromatic heterocycles. The van der Waals surface area contributed by atoms with E-state index in [0.29, 0.717) is 28.4 Å². The number of aromatic nitrogens is 1. The molecule has 0 aliphatic rings. The molecule has 0 saturated heterocycles. The van der Waals surface area contributed by atoms with E-state index in [0.717, 1.165) is 0 Å². The van der Waals surface area contributed by atoms with Crippen molar-refractivity contribution in [2.24, 2.45) is 0 Å². The summed E-state index contributed by atoms with van der Waals surface area (Å²) in [4.78, 5) is 16.1. The van der Waals surface area contributed by atoms with E-state index in [9.17, 15) is 4.79 Å². The minimum atomic E-state index is -0.502. The predicted octanol–water partition coefficient (Wildman–Crippen LogP) is 2.04. The normalized spacial score (nSPS) is 10.0. The fourth-order valence-corrected chi connectivity index (χ4v) is 1.82. The van der Waals surface area contributed by atoms with Gasteiger partial charge in [-0.1, -0.05) is 0 Å². The van der Waals surface area contributed by atoms with E-state index < -0.39 is 5.97 Å². The SMILES string of the molecule is COc1cc(N)ccc1C(=O)OCc1cccnc1OC. The van der Waals surface area contributed by atoms with E-state index in [2.05, 4.69) is 4.98 Å². The van der Waals surface area contributed by atoms with E-state index in [4.69, 9.17) is 19.9 Å². The Hall–Kier alpha value is -2.76. The van der Waals surface area contributed by atoms with Gasteiger partial charge >= 0.3 is 5.97 Å². The first-order valence-electron chi connectivity index (χ1n) is 6.24. The van der Waals surface area contributed by atoms with Gasteiger partial charge < -0.3 is 19.9 Å². The summed E-state index contributed by atoms with van der Waals surface area (Å²) < 4.78 is 15.5. The number of nitrogen functional groups attached to an aromatic ring is 1. The largest absolute Gasteiger partial charge is 0.496 e. The molecule has 0 aliphatic heterocycles. The average Bonchev–Trinajstić information content (AvgIpc) is 2.52. The molecule has 0 radical (unpaired) electrons. The Morgan fingerprint density at radius 1 is 1.24 bits per heavy atom. The minimum absolute atomic E-state index is 0.0589. The van der Waals surface area contributed by atoms with Crippen LogP contribution in [-0.4, -0.2) is 25.2 Å². The molecular formula is C15H16N2O4. The summed E-state index contributed by atoms with van der Waals surface area (Å²) in [5, 5.41) is 0. The molecule has 0 saturated carbocycles. The Kier molecular flexibility index (Phi) is 4.61. The molecule has 0 unspecified atom stereocenters. The fraction of sp³-hybridized carbons (Fsp3) is 0.200. The number of ether oxygens (including phenoxy) is 3. The summed E-state index contributed by atoms with van der Waals surface area (Å²) in [7, 11) is 2.98. The van der Waals surface area contributed by atoms with Crippen LogP contribution in [0.1, 0.15) is 15.9 Å². The molecule has 2 rings (SSSR count). The maximum absolute atomic E-state index is 12.1. The molecule has 0 amide bonds. The van der Waals surface area contributed by atoms with Gasteiger partial charge in [-0.25, -0.2) is 9.78 Å².